The van der Waals surface area contributed by atoms with Gasteiger partial charge in [-0.1, -0.05) is 84.0 Å². The number of hydrogen-bond acceptors (Lipinski definition) is 8. The zero-order chi connectivity index (χ0) is 25.8. The van der Waals surface area contributed by atoms with Gasteiger partial charge in [0.2, 0.25) is 5.95 Å². The van der Waals surface area contributed by atoms with Crippen LogP contribution in [0.3, 0.4) is 0 Å². The van der Waals surface area contributed by atoms with Crippen molar-refractivity contribution < 1.29 is 19.4 Å². The molecule has 0 bridgehead atoms. The number of nitrogens with zero attached hydrogens (tertiary/aromatic N) is 3. The highest BCUT2D eigenvalue weighted by atomic mass is 16.6. The number of anilines is 1. The fourth-order valence-corrected chi connectivity index (χ4v) is 4.72. The van der Waals surface area contributed by atoms with Crippen LogP contribution >= 0.6 is 0 Å². The van der Waals surface area contributed by atoms with Crippen LogP contribution < -0.4 is 11.3 Å². The molecule has 2 aromatic heterocycles. The summed E-state index contributed by atoms with van der Waals surface area (Å²) in [4.78, 5) is 34.7. The number of esters is 1. The molecule has 0 amide bonds. The van der Waals surface area contributed by atoms with E-state index >= 15 is 0 Å². The first-order chi connectivity index (χ1) is 17.5. The molecule has 0 saturated carbocycles. The lowest BCUT2D eigenvalue weighted by Crippen LogP contribution is -2.28. The van der Waals surface area contributed by atoms with Crippen molar-refractivity contribution in [1.82, 2.24) is 19.5 Å². The van der Waals surface area contributed by atoms with Gasteiger partial charge in [0.05, 0.1) is 12.4 Å². The topological polar surface area (TPSA) is 145 Å². The number of nitrogens with one attached hydrogen (secondary N) is 1. The second-order valence-electron chi connectivity index (χ2n) is 9.88. The summed E-state index contributed by atoms with van der Waals surface area (Å²) >= 11 is 0. The normalized spacial score (nSPS) is 19.8. The van der Waals surface area contributed by atoms with Crippen LogP contribution in [0.1, 0.15) is 109 Å². The molecule has 3 atom stereocenters. The molecule has 36 heavy (non-hydrogen) atoms. The van der Waals surface area contributed by atoms with Gasteiger partial charge in [-0.2, -0.15) is 4.98 Å². The van der Waals surface area contributed by atoms with Gasteiger partial charge in [-0.25, -0.2) is 4.98 Å². The van der Waals surface area contributed by atoms with Gasteiger partial charge in [0.15, 0.2) is 11.2 Å². The first kappa shape index (κ1) is 28.1. The Morgan fingerprint density at radius 2 is 1.72 bits per heavy atom. The Kier molecular flexibility index (Phi) is 11.7. The van der Waals surface area contributed by atoms with Gasteiger partial charge in [-0.05, 0) is 6.42 Å². The molecule has 10 nitrogen and oxygen atoms in total. The quantitative estimate of drug-likeness (QED) is 0.212. The second kappa shape index (κ2) is 14.9. The highest BCUT2D eigenvalue weighted by Crippen LogP contribution is 2.30. The third-order valence-corrected chi connectivity index (χ3v) is 6.86. The second-order valence-corrected chi connectivity index (χ2v) is 9.88. The van der Waals surface area contributed by atoms with Crippen molar-refractivity contribution in [2.75, 3.05) is 12.3 Å². The van der Waals surface area contributed by atoms with E-state index in [9.17, 15) is 14.7 Å². The number of imidazole rings is 1. The fourth-order valence-electron chi connectivity index (χ4n) is 4.72. The lowest BCUT2D eigenvalue weighted by molar-refractivity contribution is -0.150. The molecule has 2 aromatic rings. The molecule has 3 rings (SSSR count). The van der Waals surface area contributed by atoms with E-state index in [1.165, 1.54) is 70.5 Å². The molecular weight excluding hydrogens is 462 g/mol. The van der Waals surface area contributed by atoms with Crippen LogP contribution in [0.2, 0.25) is 0 Å². The van der Waals surface area contributed by atoms with Crippen molar-refractivity contribution in [2.45, 2.75) is 122 Å². The molecule has 0 unspecified atom stereocenters. The third-order valence-electron chi connectivity index (χ3n) is 6.86. The molecule has 0 radical (unpaired) electrons. The summed E-state index contributed by atoms with van der Waals surface area (Å²) in [6.45, 7) is 2.24. The molecule has 3 heterocycles. The van der Waals surface area contributed by atoms with E-state index in [2.05, 4.69) is 21.9 Å². The number of carbonyl (C=O) groups is 1. The molecular formula is C26H43N5O5. The first-order valence-electron chi connectivity index (χ1n) is 13.7. The number of unbranched alkanes of at least 4 members (excludes halogenated alkanes) is 12. The van der Waals surface area contributed by atoms with Gasteiger partial charge in [0, 0.05) is 12.8 Å². The van der Waals surface area contributed by atoms with Crippen LogP contribution in [0, 0.1) is 0 Å². The van der Waals surface area contributed by atoms with Gasteiger partial charge in [0.25, 0.3) is 5.56 Å². The minimum atomic E-state index is -0.809. The highest BCUT2D eigenvalue weighted by molar-refractivity contribution is 5.70. The number of aliphatic hydroxyl groups excluding tert-OH is 1. The Labute approximate surface area is 213 Å². The maximum Gasteiger partial charge on any atom is 0.305 e. The number of aliphatic hydroxyl groups is 1. The van der Waals surface area contributed by atoms with Crippen molar-refractivity contribution in [2.24, 2.45) is 0 Å². The van der Waals surface area contributed by atoms with Gasteiger partial charge in [-0.3, -0.25) is 19.1 Å². The minimum Gasteiger partial charge on any atom is -0.463 e. The zero-order valence-electron chi connectivity index (χ0n) is 21.6. The summed E-state index contributed by atoms with van der Waals surface area (Å²) in [5.41, 5.74) is 5.64. The molecule has 0 aromatic carbocycles. The molecule has 202 valence electrons. The van der Waals surface area contributed by atoms with Crippen molar-refractivity contribution in [3.05, 3.63) is 16.7 Å². The lowest BCUT2D eigenvalue weighted by atomic mass is 10.0. The van der Waals surface area contributed by atoms with Crippen molar-refractivity contribution in [3.8, 4) is 0 Å². The number of hydrogen-bond donors (Lipinski definition) is 3. The highest BCUT2D eigenvalue weighted by Gasteiger charge is 2.36. The Bertz CT molecular complexity index is 991. The number of aromatic amines is 1. The molecule has 10 heteroatoms. The number of carbonyl (C=O) groups excluding carboxylic acids is 1. The van der Waals surface area contributed by atoms with Gasteiger partial charge < -0.3 is 20.3 Å². The Balaban J connectivity index is 1.25. The maximum atomic E-state index is 12.1. The number of ether oxygens (including phenoxy) is 2. The molecule has 4 N–H and O–H groups in total. The van der Waals surface area contributed by atoms with Crippen LogP contribution in [0.15, 0.2) is 11.1 Å². The summed E-state index contributed by atoms with van der Waals surface area (Å²) in [5.74, 6) is -0.294. The maximum absolute atomic E-state index is 12.1. The monoisotopic (exact) mass is 505 g/mol. The van der Waals surface area contributed by atoms with Crippen molar-refractivity contribution in [1.29, 1.82) is 0 Å². The van der Waals surface area contributed by atoms with E-state index in [4.69, 9.17) is 15.2 Å². The molecule has 0 spiro atoms. The average Bonchev–Trinajstić information content (AvgIpc) is 3.44. The number of rotatable bonds is 17. The van der Waals surface area contributed by atoms with E-state index in [1.54, 1.807) is 4.57 Å². The largest absolute Gasteiger partial charge is 0.463 e. The number of fused-ring (bicyclic) bond motifs is 1. The molecule has 1 aliphatic heterocycles. The summed E-state index contributed by atoms with van der Waals surface area (Å²) in [7, 11) is 0. The Morgan fingerprint density at radius 1 is 1.11 bits per heavy atom. The summed E-state index contributed by atoms with van der Waals surface area (Å²) in [5, 5.41) is 10.4. The fraction of sp³-hybridized carbons (Fsp3) is 0.769. The van der Waals surface area contributed by atoms with Gasteiger partial charge in [0.1, 0.15) is 18.9 Å². The average molecular weight is 506 g/mol. The van der Waals surface area contributed by atoms with Crippen LogP contribution in [-0.2, 0) is 14.3 Å². The van der Waals surface area contributed by atoms with Crippen LogP contribution in [0.25, 0.3) is 11.2 Å². The number of nitrogens with two attached hydrogens (primary N) is 1. The summed E-state index contributed by atoms with van der Waals surface area (Å²) < 4.78 is 12.8. The smallest absolute Gasteiger partial charge is 0.305 e. The van der Waals surface area contributed by atoms with E-state index in [1.807, 2.05) is 0 Å². The standard InChI is InChI=1S/C26H43N5O5/c1-2-3-4-5-6-7-8-9-10-11-12-13-14-15-22(33)35-17-20-19(32)16-21(36-20)31-18-28-23-24(31)29-26(27)30-25(23)34/h18-21,32H,2-17H2,1H3,(H3,27,29,30,34)/t19-,20+,21+/m0/s1. The molecule has 0 aliphatic carbocycles. The predicted octanol–water partition coefficient (Wildman–Crippen LogP) is 4.37. The van der Waals surface area contributed by atoms with Crippen molar-refractivity contribution in [3.63, 3.8) is 0 Å². The van der Waals surface area contributed by atoms with Gasteiger partial charge in [-0.15, -0.1) is 0 Å². The number of nitrogen functional groups attached to an aromatic ring is 1. The van der Waals surface area contributed by atoms with E-state index < -0.39 is 24.0 Å². The van der Waals surface area contributed by atoms with Crippen molar-refractivity contribution >= 4 is 23.1 Å². The summed E-state index contributed by atoms with van der Waals surface area (Å²) in [6, 6.07) is 0. The van der Waals surface area contributed by atoms with Crippen LogP contribution in [0.5, 0.6) is 0 Å². The minimum absolute atomic E-state index is 0.0161. The van der Waals surface area contributed by atoms with E-state index in [0.717, 1.165) is 19.3 Å². The SMILES string of the molecule is CCCCCCCCCCCCCCCC(=O)OC[C@H]1O[C@@H](n2cnc3c(=O)[nH]c(N)nc32)C[C@@H]1O. The lowest BCUT2D eigenvalue weighted by Gasteiger charge is -2.16. The number of H-pyrrole nitrogens is 1. The Morgan fingerprint density at radius 3 is 2.36 bits per heavy atom. The van der Waals surface area contributed by atoms with Crippen LogP contribution in [0.4, 0.5) is 5.95 Å². The van der Waals surface area contributed by atoms with Crippen LogP contribution in [-0.4, -0.2) is 49.4 Å². The van der Waals surface area contributed by atoms with E-state index in [-0.39, 0.29) is 36.1 Å². The molecule has 1 fully saturated rings. The third kappa shape index (κ3) is 8.58. The molecule has 1 aliphatic rings. The summed E-state index contributed by atoms with van der Waals surface area (Å²) in [6.07, 6.45) is 16.4. The molecule has 1 saturated heterocycles. The first-order valence-corrected chi connectivity index (χ1v) is 13.7. The zero-order valence-corrected chi connectivity index (χ0v) is 21.6. The predicted molar refractivity (Wildman–Crippen MR) is 138 cm³/mol. The van der Waals surface area contributed by atoms with Gasteiger partial charge >= 0.3 is 5.97 Å². The number of aromatic nitrogens is 4. The van der Waals surface area contributed by atoms with E-state index in [0.29, 0.717) is 6.42 Å². The Hall–Kier alpha value is -2.46.